The molecule has 1 aromatic heterocycles. The van der Waals surface area contributed by atoms with Crippen LogP contribution in [0.1, 0.15) is 44.6 Å². The molecule has 3 heterocycles. The zero-order valence-corrected chi connectivity index (χ0v) is 19.3. The van der Waals surface area contributed by atoms with Crippen LogP contribution in [0, 0.1) is 0 Å². The molecule has 0 N–H and O–H groups in total. The molecule has 0 fully saturated rings. The summed E-state index contributed by atoms with van der Waals surface area (Å²) < 4.78 is 0. The van der Waals surface area contributed by atoms with Gasteiger partial charge in [-0.2, -0.15) is 0 Å². The molecule has 35 heavy (non-hydrogen) atoms. The highest BCUT2D eigenvalue weighted by Gasteiger charge is 2.34. The largest absolute Gasteiger partial charge is 0.308 e. The number of fused-ring (bicyclic) bond motifs is 11. The van der Waals surface area contributed by atoms with E-state index in [1.165, 1.54) is 84.0 Å². The molecule has 2 aliphatic carbocycles. The predicted octanol–water partition coefficient (Wildman–Crippen LogP) is 7.50. The van der Waals surface area contributed by atoms with Crippen molar-refractivity contribution in [1.29, 1.82) is 0 Å². The van der Waals surface area contributed by atoms with E-state index in [0.29, 0.717) is 0 Å². The van der Waals surface area contributed by atoms with Crippen LogP contribution in [0.3, 0.4) is 0 Å². The van der Waals surface area contributed by atoms with Crippen LogP contribution in [0.4, 0.5) is 17.1 Å². The molecule has 0 saturated heterocycles. The van der Waals surface area contributed by atoms with Crippen molar-refractivity contribution >= 4 is 17.1 Å². The molecule has 0 atom stereocenters. The first-order chi connectivity index (χ1) is 17.3. The van der Waals surface area contributed by atoms with Gasteiger partial charge in [0.25, 0.3) is 0 Å². The van der Waals surface area contributed by atoms with Crippen LogP contribution in [-0.2, 0) is 25.7 Å². The molecule has 4 aliphatic rings. The minimum Gasteiger partial charge on any atom is -0.308 e. The van der Waals surface area contributed by atoms with E-state index >= 15 is 0 Å². The third kappa shape index (κ3) is 2.27. The number of anilines is 3. The van der Waals surface area contributed by atoms with E-state index in [4.69, 9.17) is 4.98 Å². The van der Waals surface area contributed by atoms with E-state index in [1.54, 1.807) is 0 Å². The lowest BCUT2D eigenvalue weighted by molar-refractivity contribution is 0.970. The van der Waals surface area contributed by atoms with Gasteiger partial charge < -0.3 is 4.90 Å². The van der Waals surface area contributed by atoms with Gasteiger partial charge in [0.15, 0.2) is 0 Å². The summed E-state index contributed by atoms with van der Waals surface area (Å²) in [6.07, 6.45) is 5.89. The topological polar surface area (TPSA) is 16.1 Å². The highest BCUT2D eigenvalue weighted by atomic mass is 15.2. The molecule has 0 unspecified atom stereocenters. The average molecular weight is 447 g/mol. The predicted molar refractivity (Wildman–Crippen MR) is 141 cm³/mol. The maximum atomic E-state index is 4.77. The summed E-state index contributed by atoms with van der Waals surface area (Å²) in [4.78, 5) is 7.27. The minimum absolute atomic E-state index is 0.910. The Labute approximate surface area is 204 Å². The summed E-state index contributed by atoms with van der Waals surface area (Å²) in [5, 5.41) is 0. The number of para-hydroxylation sites is 1. The summed E-state index contributed by atoms with van der Waals surface area (Å²) in [6, 6.07) is 29.8. The highest BCUT2D eigenvalue weighted by Crippen LogP contribution is 2.53. The fourth-order valence-electron chi connectivity index (χ4n) is 7.09. The normalized spacial score (nSPS) is 14.9. The number of hydrogen-bond acceptors (Lipinski definition) is 2. The number of benzene rings is 4. The molecule has 0 amide bonds. The van der Waals surface area contributed by atoms with E-state index < -0.39 is 0 Å². The summed E-state index contributed by atoms with van der Waals surface area (Å²) in [5.74, 6) is 0. The van der Waals surface area contributed by atoms with Crippen molar-refractivity contribution in [3.63, 3.8) is 0 Å². The van der Waals surface area contributed by atoms with Crippen LogP contribution >= 0.6 is 0 Å². The van der Waals surface area contributed by atoms with Crippen molar-refractivity contribution in [2.75, 3.05) is 4.90 Å². The number of pyridine rings is 1. The molecule has 0 bridgehead atoms. The van der Waals surface area contributed by atoms with Gasteiger partial charge in [0.2, 0.25) is 0 Å². The second-order valence-corrected chi connectivity index (χ2v) is 10.4. The van der Waals surface area contributed by atoms with Crippen LogP contribution in [0.25, 0.3) is 22.3 Å². The van der Waals surface area contributed by atoms with Crippen LogP contribution in [0.15, 0.2) is 85.1 Å². The molecule has 0 spiro atoms. The standard InChI is InChI=1S/C33H22N2/c1-2-8-25-19(5-1)13-20-10-11-26-27-16-24-14-21-6-3-7-22-17-29-30(9-4-12-34-29)35(33(21)22)31(24)18-23(27)15-28(26)32(20)25/h1-12,16,18H,13-15,17H2. The lowest BCUT2D eigenvalue weighted by Gasteiger charge is -2.39. The molecule has 2 nitrogen and oxygen atoms in total. The molecule has 2 heteroatoms. The molecule has 4 aromatic carbocycles. The first kappa shape index (κ1) is 18.2. The van der Waals surface area contributed by atoms with Gasteiger partial charge in [0.1, 0.15) is 0 Å². The first-order valence-corrected chi connectivity index (χ1v) is 12.6. The van der Waals surface area contributed by atoms with Crippen molar-refractivity contribution in [3.05, 3.63) is 130 Å². The summed E-state index contributed by atoms with van der Waals surface area (Å²) in [6.45, 7) is 0. The first-order valence-electron chi connectivity index (χ1n) is 12.6. The van der Waals surface area contributed by atoms with E-state index in [-0.39, 0.29) is 0 Å². The molecule has 5 aromatic rings. The molecule has 2 aliphatic heterocycles. The fraction of sp³-hybridized carbons (Fsp3) is 0.121. The lowest BCUT2D eigenvalue weighted by atomic mass is 9.86. The maximum Gasteiger partial charge on any atom is 0.0688 e. The van der Waals surface area contributed by atoms with E-state index in [2.05, 4.69) is 83.8 Å². The van der Waals surface area contributed by atoms with Gasteiger partial charge in [0.05, 0.1) is 22.8 Å². The number of rotatable bonds is 0. The molecular weight excluding hydrogens is 424 g/mol. The van der Waals surface area contributed by atoms with Gasteiger partial charge in [-0.05, 0) is 98.3 Å². The lowest BCUT2D eigenvalue weighted by Crippen LogP contribution is -2.25. The number of nitrogens with zero attached hydrogens (tertiary/aromatic N) is 2. The zero-order valence-electron chi connectivity index (χ0n) is 19.3. The van der Waals surface area contributed by atoms with Crippen LogP contribution in [0.2, 0.25) is 0 Å². The monoisotopic (exact) mass is 446 g/mol. The Bertz CT molecular complexity index is 1760. The molecule has 9 rings (SSSR count). The third-order valence-electron chi connectivity index (χ3n) is 8.54. The van der Waals surface area contributed by atoms with Crippen molar-refractivity contribution < 1.29 is 0 Å². The smallest absolute Gasteiger partial charge is 0.0688 e. The van der Waals surface area contributed by atoms with Gasteiger partial charge in [-0.3, -0.25) is 4.98 Å². The van der Waals surface area contributed by atoms with Crippen LogP contribution < -0.4 is 4.90 Å². The summed E-state index contributed by atoms with van der Waals surface area (Å²) in [7, 11) is 0. The Morgan fingerprint density at radius 3 is 2.37 bits per heavy atom. The van der Waals surface area contributed by atoms with Crippen molar-refractivity contribution in [2.24, 2.45) is 0 Å². The van der Waals surface area contributed by atoms with Gasteiger partial charge in [-0.25, -0.2) is 0 Å². The van der Waals surface area contributed by atoms with Gasteiger partial charge in [-0.1, -0.05) is 54.6 Å². The Hall–Kier alpha value is -4.17. The molecule has 0 radical (unpaired) electrons. The second-order valence-electron chi connectivity index (χ2n) is 10.4. The Kier molecular flexibility index (Phi) is 3.27. The highest BCUT2D eigenvalue weighted by molar-refractivity contribution is 5.94. The second kappa shape index (κ2) is 6.28. The van der Waals surface area contributed by atoms with E-state index in [9.17, 15) is 0 Å². The third-order valence-corrected chi connectivity index (χ3v) is 8.54. The Balaban J connectivity index is 1.27. The Morgan fingerprint density at radius 1 is 0.543 bits per heavy atom. The molecular formula is C33H22N2. The summed E-state index contributed by atoms with van der Waals surface area (Å²) in [5.41, 5.74) is 21.0. The average Bonchev–Trinajstić information content (AvgIpc) is 3.45. The van der Waals surface area contributed by atoms with Crippen LogP contribution in [0.5, 0.6) is 0 Å². The zero-order chi connectivity index (χ0) is 22.7. The summed E-state index contributed by atoms with van der Waals surface area (Å²) >= 11 is 0. The van der Waals surface area contributed by atoms with Crippen molar-refractivity contribution in [3.8, 4) is 22.3 Å². The van der Waals surface area contributed by atoms with E-state index in [0.717, 1.165) is 25.7 Å². The van der Waals surface area contributed by atoms with Gasteiger partial charge in [-0.15, -0.1) is 0 Å². The van der Waals surface area contributed by atoms with E-state index in [1.807, 2.05) is 6.20 Å². The number of aromatic nitrogens is 1. The number of hydrogen-bond donors (Lipinski definition) is 0. The van der Waals surface area contributed by atoms with Gasteiger partial charge in [0, 0.05) is 19.0 Å². The van der Waals surface area contributed by atoms with Crippen molar-refractivity contribution in [2.45, 2.75) is 25.7 Å². The molecule has 0 saturated carbocycles. The Morgan fingerprint density at radius 2 is 1.40 bits per heavy atom. The minimum atomic E-state index is 0.910. The van der Waals surface area contributed by atoms with Gasteiger partial charge >= 0.3 is 0 Å². The fourth-order valence-corrected chi connectivity index (χ4v) is 7.09. The maximum absolute atomic E-state index is 4.77. The SMILES string of the molecule is c1ccc2c(c1)Cc1ccc3c(c1-2)Cc1cc2c(cc1-3)Cc1cccc3c1N2c1cccnc1C3. The van der Waals surface area contributed by atoms with Crippen LogP contribution in [-0.4, -0.2) is 4.98 Å². The molecule has 164 valence electrons. The van der Waals surface area contributed by atoms with Crippen molar-refractivity contribution in [1.82, 2.24) is 4.98 Å². The quantitative estimate of drug-likeness (QED) is 0.240.